The molecule has 1 unspecified atom stereocenters. The van der Waals surface area contributed by atoms with E-state index in [0.29, 0.717) is 33.8 Å². The Morgan fingerprint density at radius 3 is 2.47 bits per heavy atom. The Hall–Kier alpha value is -3.08. The van der Waals surface area contributed by atoms with Crippen molar-refractivity contribution in [3.63, 3.8) is 0 Å². The minimum absolute atomic E-state index is 0.0441. The highest BCUT2D eigenvalue weighted by Crippen LogP contribution is 2.50. The highest BCUT2D eigenvalue weighted by molar-refractivity contribution is 7.17. The first kappa shape index (κ1) is 31.3. The van der Waals surface area contributed by atoms with Gasteiger partial charge in [0.05, 0.1) is 11.3 Å². The fourth-order valence-corrected chi connectivity index (χ4v) is 7.28. The van der Waals surface area contributed by atoms with Crippen molar-refractivity contribution in [2.24, 2.45) is 5.16 Å². The van der Waals surface area contributed by atoms with Gasteiger partial charge in [-0.1, -0.05) is 47.8 Å². The van der Waals surface area contributed by atoms with Crippen LogP contribution >= 0.6 is 34.5 Å². The summed E-state index contributed by atoms with van der Waals surface area (Å²) in [7, 11) is 0. The highest BCUT2D eigenvalue weighted by Gasteiger charge is 2.62. The van der Waals surface area contributed by atoms with Gasteiger partial charge in [0.25, 0.3) is 17.4 Å². The number of aryl methyl sites for hydroxylation is 2. The molecule has 0 bridgehead atoms. The molecule has 0 saturated heterocycles. The largest absolute Gasteiger partial charge is 0.435 e. The summed E-state index contributed by atoms with van der Waals surface area (Å²) < 4.78 is 43.2. The second-order valence-electron chi connectivity index (χ2n) is 10.8. The maximum Gasteiger partial charge on any atom is 0.435 e. The van der Waals surface area contributed by atoms with Crippen LogP contribution in [0.2, 0.25) is 10.0 Å². The van der Waals surface area contributed by atoms with Crippen molar-refractivity contribution in [3.05, 3.63) is 84.7 Å². The molecule has 0 saturated carbocycles. The summed E-state index contributed by atoms with van der Waals surface area (Å²) in [6, 6.07) is 8.36. The number of nitrogens with one attached hydrogen (secondary N) is 2. The van der Waals surface area contributed by atoms with Crippen molar-refractivity contribution in [2.75, 3.05) is 11.9 Å². The maximum atomic E-state index is 14.4. The number of unbranched alkanes of at least 4 members (excludes halogenated alkanes) is 1. The molecule has 1 aliphatic heterocycles. The molecular weight excluding hydrogens is 622 g/mol. The summed E-state index contributed by atoms with van der Waals surface area (Å²) in [5, 5.41) is 10.3. The fourth-order valence-electron chi connectivity index (χ4n) is 5.48. The lowest BCUT2D eigenvalue weighted by Crippen LogP contribution is -2.42. The highest BCUT2D eigenvalue weighted by atomic mass is 35.5. The smallest absolute Gasteiger partial charge is 0.374 e. The van der Waals surface area contributed by atoms with Gasteiger partial charge in [-0.25, -0.2) is 0 Å². The first-order chi connectivity index (χ1) is 20.4. The van der Waals surface area contributed by atoms with Gasteiger partial charge in [-0.3, -0.25) is 9.59 Å². The third kappa shape index (κ3) is 6.28. The van der Waals surface area contributed by atoms with Crippen LogP contribution in [0.5, 0.6) is 0 Å². The van der Waals surface area contributed by atoms with Crippen LogP contribution in [0.1, 0.15) is 86.9 Å². The molecule has 5 rings (SSSR count). The van der Waals surface area contributed by atoms with E-state index in [1.54, 1.807) is 25.1 Å². The van der Waals surface area contributed by atoms with Crippen LogP contribution in [0, 0.1) is 6.92 Å². The van der Waals surface area contributed by atoms with Crippen molar-refractivity contribution in [1.82, 2.24) is 5.32 Å². The number of nitrogens with zero attached hydrogens (tertiary/aromatic N) is 1. The molecule has 1 aliphatic carbocycles. The molecule has 2 aliphatic rings. The summed E-state index contributed by atoms with van der Waals surface area (Å²) in [6.07, 6.45) is 0.0638. The zero-order valence-electron chi connectivity index (χ0n) is 23.6. The third-order valence-electron chi connectivity index (χ3n) is 7.76. The summed E-state index contributed by atoms with van der Waals surface area (Å²) in [4.78, 5) is 32.8. The molecule has 2 heterocycles. The number of fused-ring (bicyclic) bond motifs is 1. The van der Waals surface area contributed by atoms with Gasteiger partial charge in [0.2, 0.25) is 0 Å². The molecule has 6 nitrogen and oxygen atoms in total. The standard InChI is InChI=1S/C31H30Cl2F3N3O3S/c1-3-4-11-37-28(41)26-23-7-5-6-8-25(23)43-29(26)38-27(40)22-10-9-18(12-17(22)2)24-16-30(42-39-24,31(34,35)36)19-13-20(32)15-21(33)14-19/h9-10,12-15H,3-8,11,16H2,1-2H3,(H,37,41)(H,38,40). The summed E-state index contributed by atoms with van der Waals surface area (Å²) in [6.45, 7) is 4.30. The molecule has 12 heteroatoms. The van der Waals surface area contributed by atoms with Gasteiger partial charge in [-0.15, -0.1) is 11.3 Å². The Kier molecular flexibility index (Phi) is 9.11. The van der Waals surface area contributed by atoms with Crippen molar-refractivity contribution in [1.29, 1.82) is 0 Å². The molecule has 0 spiro atoms. The van der Waals surface area contributed by atoms with Crippen LogP contribution in [-0.2, 0) is 23.3 Å². The number of benzene rings is 2. The van der Waals surface area contributed by atoms with E-state index >= 15 is 0 Å². The number of halogens is 5. The number of carbonyl (C=O) groups is 2. The zero-order chi connectivity index (χ0) is 30.9. The quantitative estimate of drug-likeness (QED) is 0.239. The Morgan fingerprint density at radius 1 is 1.07 bits per heavy atom. The lowest BCUT2D eigenvalue weighted by atomic mass is 9.86. The van der Waals surface area contributed by atoms with Crippen LogP contribution in [0.4, 0.5) is 18.2 Å². The van der Waals surface area contributed by atoms with Crippen LogP contribution in [0.3, 0.4) is 0 Å². The minimum atomic E-state index is -4.82. The Bertz CT molecular complexity index is 1580. The molecule has 43 heavy (non-hydrogen) atoms. The number of rotatable bonds is 8. The molecule has 3 aromatic rings. The molecule has 0 radical (unpaired) electrons. The molecule has 2 N–H and O–H groups in total. The van der Waals surface area contributed by atoms with Gasteiger partial charge in [-0.05, 0) is 86.1 Å². The van der Waals surface area contributed by atoms with Gasteiger partial charge in [0, 0.05) is 39.0 Å². The number of amides is 2. The number of thiophene rings is 1. The Balaban J connectivity index is 1.38. The molecule has 1 atom stereocenters. The number of hydrogen-bond acceptors (Lipinski definition) is 5. The molecule has 0 fully saturated rings. The molecular formula is C31H30Cl2F3N3O3S. The lowest BCUT2D eigenvalue weighted by Gasteiger charge is -2.29. The molecule has 228 valence electrons. The number of hydrogen-bond donors (Lipinski definition) is 2. The first-order valence-electron chi connectivity index (χ1n) is 14.1. The average molecular weight is 653 g/mol. The van der Waals surface area contributed by atoms with Crippen LogP contribution < -0.4 is 10.6 Å². The van der Waals surface area contributed by atoms with Gasteiger partial charge < -0.3 is 15.5 Å². The van der Waals surface area contributed by atoms with E-state index in [1.807, 2.05) is 6.92 Å². The Morgan fingerprint density at radius 2 is 1.79 bits per heavy atom. The normalized spacial score (nSPS) is 18.1. The van der Waals surface area contributed by atoms with Gasteiger partial charge in [0.1, 0.15) is 5.00 Å². The number of oxime groups is 1. The van der Waals surface area contributed by atoms with Gasteiger partial charge in [-0.2, -0.15) is 13.2 Å². The van der Waals surface area contributed by atoms with Crippen LogP contribution in [-0.4, -0.2) is 30.2 Å². The van der Waals surface area contributed by atoms with Gasteiger partial charge in [0.15, 0.2) is 0 Å². The zero-order valence-corrected chi connectivity index (χ0v) is 25.9. The monoisotopic (exact) mass is 651 g/mol. The predicted molar refractivity (Wildman–Crippen MR) is 164 cm³/mol. The van der Waals surface area contributed by atoms with Gasteiger partial charge >= 0.3 is 6.18 Å². The third-order valence-corrected chi connectivity index (χ3v) is 9.40. The van der Waals surface area contributed by atoms with E-state index < -0.39 is 24.1 Å². The van der Waals surface area contributed by atoms with Crippen molar-refractivity contribution < 1.29 is 27.6 Å². The topological polar surface area (TPSA) is 79.8 Å². The van der Waals surface area contributed by atoms with Crippen LogP contribution in [0.15, 0.2) is 41.6 Å². The van der Waals surface area contributed by atoms with E-state index in [1.165, 1.54) is 29.5 Å². The SMILES string of the molecule is CCCCNC(=O)c1c(NC(=O)c2ccc(C3=NOC(c4cc(Cl)cc(Cl)c4)(C(F)(F)F)C3)cc2C)sc2c1CCCC2. The molecule has 2 aromatic carbocycles. The number of carbonyl (C=O) groups excluding carboxylic acids is 2. The van der Waals surface area contributed by atoms with Crippen molar-refractivity contribution in [3.8, 4) is 0 Å². The molecule has 2 amide bonds. The minimum Gasteiger partial charge on any atom is -0.374 e. The van der Waals surface area contributed by atoms with E-state index in [-0.39, 0.29) is 27.2 Å². The molecule has 1 aromatic heterocycles. The summed E-state index contributed by atoms with van der Waals surface area (Å²) >= 11 is 13.4. The maximum absolute atomic E-state index is 14.4. The van der Waals surface area contributed by atoms with E-state index in [0.717, 1.165) is 49.0 Å². The lowest BCUT2D eigenvalue weighted by molar-refractivity contribution is -0.275. The second-order valence-corrected chi connectivity index (χ2v) is 12.8. The number of alkyl halides is 3. The van der Waals surface area contributed by atoms with E-state index in [2.05, 4.69) is 15.8 Å². The van der Waals surface area contributed by atoms with E-state index in [9.17, 15) is 22.8 Å². The summed E-state index contributed by atoms with van der Waals surface area (Å²) in [5.41, 5.74) is -0.165. The van der Waals surface area contributed by atoms with Crippen molar-refractivity contribution >= 4 is 57.1 Å². The average Bonchev–Trinajstić information content (AvgIpc) is 3.55. The van der Waals surface area contributed by atoms with Crippen molar-refractivity contribution in [2.45, 2.75) is 70.6 Å². The second kappa shape index (κ2) is 12.5. The fraction of sp³-hybridized carbons (Fsp3) is 0.387. The first-order valence-corrected chi connectivity index (χ1v) is 15.6. The van der Waals surface area contributed by atoms with Crippen LogP contribution in [0.25, 0.3) is 0 Å². The Labute approximate surface area is 261 Å². The number of anilines is 1. The summed E-state index contributed by atoms with van der Waals surface area (Å²) in [5.74, 6) is -0.600. The predicted octanol–water partition coefficient (Wildman–Crippen LogP) is 8.61. The van der Waals surface area contributed by atoms with E-state index in [4.69, 9.17) is 28.0 Å².